The van der Waals surface area contributed by atoms with E-state index in [2.05, 4.69) is 83.6 Å². The van der Waals surface area contributed by atoms with Crippen LogP contribution in [-0.2, 0) is 12.0 Å². The fourth-order valence-corrected chi connectivity index (χ4v) is 2.81. The average molecular weight is 284 g/mol. The first kappa shape index (κ1) is 15.8. The minimum absolute atomic E-state index is 0.161. The Balaban J connectivity index is 2.40. The summed E-state index contributed by atoms with van der Waals surface area (Å²) >= 11 is 0. The van der Waals surface area contributed by atoms with Gasteiger partial charge in [-0.25, -0.2) is 0 Å². The van der Waals surface area contributed by atoms with Crippen molar-refractivity contribution in [2.75, 3.05) is 0 Å². The molecule has 0 aliphatic heterocycles. The fourth-order valence-electron chi connectivity index (χ4n) is 2.81. The predicted octanol–water partition coefficient (Wildman–Crippen LogP) is 5.20. The van der Waals surface area contributed by atoms with E-state index < -0.39 is 0 Å². The zero-order valence-corrected chi connectivity index (χ0v) is 14.5. The molecule has 0 spiro atoms. The van der Waals surface area contributed by atoms with Gasteiger partial charge in [0.2, 0.25) is 0 Å². The monoisotopic (exact) mass is 284 g/mol. The Morgan fingerprint density at radius 2 is 1.67 bits per heavy atom. The van der Waals surface area contributed by atoms with E-state index in [1.54, 1.807) is 0 Å². The molecule has 0 N–H and O–H groups in total. The second-order valence-corrected chi connectivity index (χ2v) is 8.19. The molecule has 0 fully saturated rings. The Kier molecular flexibility index (Phi) is 4.01. The van der Waals surface area contributed by atoms with Crippen LogP contribution >= 0.6 is 0 Å². The topological polar surface area (TPSA) is 17.8 Å². The molecule has 0 amide bonds. The van der Waals surface area contributed by atoms with Crippen LogP contribution in [0.5, 0.6) is 0 Å². The zero-order valence-electron chi connectivity index (χ0n) is 14.5. The van der Waals surface area contributed by atoms with E-state index in [1.165, 1.54) is 16.7 Å². The van der Waals surface area contributed by atoms with Gasteiger partial charge in [0, 0.05) is 18.3 Å². The van der Waals surface area contributed by atoms with Crippen molar-refractivity contribution in [1.82, 2.24) is 9.78 Å². The molecule has 0 bridgehead atoms. The van der Waals surface area contributed by atoms with Gasteiger partial charge in [0.25, 0.3) is 0 Å². The van der Waals surface area contributed by atoms with Gasteiger partial charge in [-0.05, 0) is 34.9 Å². The molecule has 0 aliphatic carbocycles. The van der Waals surface area contributed by atoms with E-state index in [4.69, 9.17) is 5.10 Å². The van der Waals surface area contributed by atoms with E-state index in [9.17, 15) is 0 Å². The number of hydrogen-bond donors (Lipinski definition) is 0. The van der Waals surface area contributed by atoms with Gasteiger partial charge in [0.1, 0.15) is 0 Å². The third-order valence-electron chi connectivity index (χ3n) is 3.69. The summed E-state index contributed by atoms with van der Waals surface area (Å²) in [7, 11) is 0. The molecule has 0 saturated carbocycles. The van der Waals surface area contributed by atoms with Gasteiger partial charge in [-0.3, -0.25) is 4.68 Å². The number of aromatic nitrogens is 2. The van der Waals surface area contributed by atoms with Crippen molar-refractivity contribution in [1.29, 1.82) is 0 Å². The smallest absolute Gasteiger partial charge is 0.0925 e. The normalized spacial score (nSPS) is 12.7. The number of hydrogen-bond acceptors (Lipinski definition) is 1. The third kappa shape index (κ3) is 3.75. The highest BCUT2D eigenvalue weighted by Crippen LogP contribution is 2.31. The van der Waals surface area contributed by atoms with Crippen LogP contribution in [0.1, 0.15) is 52.7 Å². The Labute approximate surface area is 129 Å². The highest BCUT2D eigenvalue weighted by Gasteiger charge is 2.19. The van der Waals surface area contributed by atoms with Crippen molar-refractivity contribution in [3.05, 3.63) is 41.6 Å². The maximum atomic E-state index is 4.77. The van der Waals surface area contributed by atoms with Crippen LogP contribution in [0.2, 0.25) is 0 Å². The first-order valence-electron chi connectivity index (χ1n) is 7.72. The average Bonchev–Trinajstić information content (AvgIpc) is 2.73. The van der Waals surface area contributed by atoms with Crippen molar-refractivity contribution in [3.63, 3.8) is 0 Å². The lowest BCUT2D eigenvalue weighted by molar-refractivity contribution is 0.326. The third-order valence-corrected chi connectivity index (χ3v) is 3.69. The molecular formula is C19H28N2. The van der Waals surface area contributed by atoms with Gasteiger partial charge in [-0.15, -0.1) is 0 Å². The molecule has 1 aromatic heterocycles. The molecule has 0 unspecified atom stereocenters. The lowest BCUT2D eigenvalue weighted by Gasteiger charge is -2.23. The molecule has 0 radical (unpaired) electrons. The van der Waals surface area contributed by atoms with Crippen LogP contribution in [0.25, 0.3) is 11.3 Å². The fraction of sp³-hybridized carbons (Fsp3) is 0.526. The molecule has 1 aromatic carbocycles. The van der Waals surface area contributed by atoms with Crippen molar-refractivity contribution in [3.8, 4) is 11.3 Å². The van der Waals surface area contributed by atoms with Gasteiger partial charge >= 0.3 is 0 Å². The molecule has 0 atom stereocenters. The molecule has 114 valence electrons. The molecule has 1 heterocycles. The Hall–Kier alpha value is -1.57. The summed E-state index contributed by atoms with van der Waals surface area (Å²) in [6, 6.07) is 8.67. The van der Waals surface area contributed by atoms with Crippen LogP contribution in [-0.4, -0.2) is 9.78 Å². The first-order valence-corrected chi connectivity index (χ1v) is 7.72. The molecule has 2 heteroatoms. The molecular weight excluding hydrogens is 256 g/mol. The summed E-state index contributed by atoms with van der Waals surface area (Å²) in [6.07, 6.45) is 2.09. The lowest BCUT2D eigenvalue weighted by atomic mass is 9.82. The highest BCUT2D eigenvalue weighted by atomic mass is 15.3. The highest BCUT2D eigenvalue weighted by molar-refractivity contribution is 5.65. The van der Waals surface area contributed by atoms with Crippen LogP contribution in [0.15, 0.2) is 30.5 Å². The van der Waals surface area contributed by atoms with Crippen LogP contribution in [0.4, 0.5) is 0 Å². The van der Waals surface area contributed by atoms with E-state index in [1.807, 2.05) is 0 Å². The summed E-state index contributed by atoms with van der Waals surface area (Å²) in [5.41, 5.74) is 5.45. The first-order chi connectivity index (χ1) is 9.58. The maximum absolute atomic E-state index is 4.77. The quantitative estimate of drug-likeness (QED) is 0.741. The van der Waals surface area contributed by atoms with E-state index in [-0.39, 0.29) is 10.8 Å². The van der Waals surface area contributed by atoms with Gasteiger partial charge in [-0.2, -0.15) is 5.10 Å². The van der Waals surface area contributed by atoms with Gasteiger partial charge in [0.15, 0.2) is 0 Å². The largest absolute Gasteiger partial charge is 0.272 e. The summed E-state index contributed by atoms with van der Waals surface area (Å²) in [6.45, 7) is 16.6. The summed E-state index contributed by atoms with van der Waals surface area (Å²) in [4.78, 5) is 0. The van der Waals surface area contributed by atoms with E-state index in [0.29, 0.717) is 0 Å². The van der Waals surface area contributed by atoms with Crippen molar-refractivity contribution in [2.24, 2.45) is 5.41 Å². The van der Waals surface area contributed by atoms with Gasteiger partial charge in [-0.1, -0.05) is 59.7 Å². The van der Waals surface area contributed by atoms with Crippen LogP contribution in [0.3, 0.4) is 0 Å². The standard InChI is InChI=1S/C19H28N2/c1-14-15(9-8-10-16(14)19(5,6)7)17-11-12-21(20-17)13-18(2,3)4/h8-12H,13H2,1-7H3. The lowest BCUT2D eigenvalue weighted by Crippen LogP contribution is -2.16. The summed E-state index contributed by atoms with van der Waals surface area (Å²) in [5.74, 6) is 0. The van der Waals surface area contributed by atoms with Crippen molar-refractivity contribution >= 4 is 0 Å². The van der Waals surface area contributed by atoms with Crippen molar-refractivity contribution in [2.45, 2.75) is 60.4 Å². The van der Waals surface area contributed by atoms with Crippen molar-refractivity contribution < 1.29 is 0 Å². The minimum atomic E-state index is 0.161. The molecule has 2 rings (SSSR count). The molecule has 21 heavy (non-hydrogen) atoms. The molecule has 0 aliphatic rings. The molecule has 2 nitrogen and oxygen atoms in total. The van der Waals surface area contributed by atoms with Gasteiger partial charge < -0.3 is 0 Å². The Morgan fingerprint density at radius 3 is 2.24 bits per heavy atom. The second kappa shape index (κ2) is 5.32. The second-order valence-electron chi connectivity index (χ2n) is 8.19. The van der Waals surface area contributed by atoms with Crippen LogP contribution < -0.4 is 0 Å². The van der Waals surface area contributed by atoms with Crippen LogP contribution in [0, 0.1) is 12.3 Å². The van der Waals surface area contributed by atoms with E-state index >= 15 is 0 Å². The minimum Gasteiger partial charge on any atom is -0.272 e. The molecule has 0 saturated heterocycles. The number of nitrogens with zero attached hydrogens (tertiary/aromatic N) is 2. The molecule has 2 aromatic rings. The number of benzene rings is 1. The predicted molar refractivity (Wildman–Crippen MR) is 90.6 cm³/mol. The number of rotatable bonds is 2. The maximum Gasteiger partial charge on any atom is 0.0925 e. The van der Waals surface area contributed by atoms with E-state index in [0.717, 1.165) is 12.2 Å². The SMILES string of the molecule is Cc1c(-c2ccn(CC(C)(C)C)n2)cccc1C(C)(C)C. The Bertz CT molecular complexity index is 622. The summed E-state index contributed by atoms with van der Waals surface area (Å²) in [5, 5.41) is 4.77. The summed E-state index contributed by atoms with van der Waals surface area (Å²) < 4.78 is 2.05. The Morgan fingerprint density at radius 1 is 1.00 bits per heavy atom. The zero-order chi connectivity index (χ0) is 15.8. The van der Waals surface area contributed by atoms with Gasteiger partial charge in [0.05, 0.1) is 5.69 Å².